The number of aromatic nitrogens is 3. The van der Waals surface area contributed by atoms with E-state index >= 15 is 0 Å². The van der Waals surface area contributed by atoms with Crippen molar-refractivity contribution in [2.75, 3.05) is 5.32 Å². The normalized spacial score (nSPS) is 14.5. The predicted octanol–water partition coefficient (Wildman–Crippen LogP) is 4.83. The maximum atomic E-state index is 13.7. The number of para-hydroxylation sites is 2. The molecule has 1 N–H and O–H groups in total. The van der Waals surface area contributed by atoms with Gasteiger partial charge in [-0.2, -0.15) is 0 Å². The molecule has 6 heteroatoms. The Morgan fingerprint density at radius 2 is 1.57 bits per heavy atom. The molecule has 3 aromatic carbocycles. The maximum absolute atomic E-state index is 13.7. The standard InChI is InChI=1S/C29H26N4O2/c1-17-10-9-12-19(16-17)25-23-26(31(3)29(35)32(4)28(23)34)27-24(20-13-6-5-11-18(20)2)30-21-14-7-8-15-22(21)33(25)27/h5-16,24,30H,1-4H3. The van der Waals surface area contributed by atoms with E-state index in [4.69, 9.17) is 0 Å². The lowest BCUT2D eigenvalue weighted by atomic mass is 9.96. The van der Waals surface area contributed by atoms with Gasteiger partial charge in [0.25, 0.3) is 5.56 Å². The van der Waals surface area contributed by atoms with Crippen molar-refractivity contribution in [1.82, 2.24) is 13.7 Å². The van der Waals surface area contributed by atoms with Gasteiger partial charge in [-0.05, 0) is 48.7 Å². The van der Waals surface area contributed by atoms with Crippen molar-refractivity contribution in [1.29, 1.82) is 0 Å². The summed E-state index contributed by atoms with van der Waals surface area (Å²) in [5.41, 5.74) is 7.94. The number of benzene rings is 3. The van der Waals surface area contributed by atoms with Crippen LogP contribution < -0.4 is 16.6 Å². The number of rotatable bonds is 2. The highest BCUT2D eigenvalue weighted by Gasteiger charge is 2.35. The highest BCUT2D eigenvalue weighted by Crippen LogP contribution is 2.45. The van der Waals surface area contributed by atoms with E-state index in [0.717, 1.165) is 45.0 Å². The third-order valence-electron chi connectivity index (χ3n) is 7.12. The molecule has 0 saturated carbocycles. The minimum Gasteiger partial charge on any atom is -0.371 e. The molecule has 1 atom stereocenters. The molecule has 0 aliphatic carbocycles. The number of hydrogen-bond donors (Lipinski definition) is 1. The van der Waals surface area contributed by atoms with Gasteiger partial charge in [-0.1, -0.05) is 60.2 Å². The highest BCUT2D eigenvalue weighted by atomic mass is 16.2. The first-order valence-electron chi connectivity index (χ1n) is 11.7. The van der Waals surface area contributed by atoms with Gasteiger partial charge in [0.2, 0.25) is 0 Å². The summed E-state index contributed by atoms with van der Waals surface area (Å²) in [6, 6.07) is 24.3. The van der Waals surface area contributed by atoms with Gasteiger partial charge in [0.1, 0.15) is 0 Å². The van der Waals surface area contributed by atoms with Gasteiger partial charge in [0.05, 0.1) is 39.7 Å². The van der Waals surface area contributed by atoms with Gasteiger partial charge in [0.15, 0.2) is 0 Å². The van der Waals surface area contributed by atoms with E-state index in [1.54, 1.807) is 18.7 Å². The molecule has 3 heterocycles. The van der Waals surface area contributed by atoms with Crippen molar-refractivity contribution in [2.24, 2.45) is 14.1 Å². The van der Waals surface area contributed by atoms with Crippen molar-refractivity contribution in [3.05, 3.63) is 116 Å². The molecule has 0 bridgehead atoms. The Morgan fingerprint density at radius 3 is 2.34 bits per heavy atom. The topological polar surface area (TPSA) is 61.0 Å². The summed E-state index contributed by atoms with van der Waals surface area (Å²) in [4.78, 5) is 26.9. The van der Waals surface area contributed by atoms with Crippen LogP contribution in [0.15, 0.2) is 82.4 Å². The smallest absolute Gasteiger partial charge is 0.331 e. The Labute approximate surface area is 202 Å². The first-order chi connectivity index (χ1) is 16.9. The molecule has 0 spiro atoms. The van der Waals surface area contributed by atoms with E-state index < -0.39 is 0 Å². The summed E-state index contributed by atoms with van der Waals surface area (Å²) in [5.74, 6) is 0. The minimum atomic E-state index is -0.339. The Hall–Kier alpha value is -4.32. The van der Waals surface area contributed by atoms with Crippen molar-refractivity contribution < 1.29 is 0 Å². The molecule has 2 aromatic heterocycles. The van der Waals surface area contributed by atoms with Crippen LogP contribution >= 0.6 is 0 Å². The Kier molecular flexibility index (Phi) is 4.61. The number of anilines is 1. The number of aryl methyl sites for hydroxylation is 3. The van der Waals surface area contributed by atoms with Crippen molar-refractivity contribution in [2.45, 2.75) is 19.9 Å². The number of nitrogens with one attached hydrogen (secondary N) is 1. The molecule has 5 aromatic rings. The van der Waals surface area contributed by atoms with Crippen LogP contribution in [0.2, 0.25) is 0 Å². The summed E-state index contributed by atoms with van der Waals surface area (Å²) in [6.45, 7) is 4.14. The van der Waals surface area contributed by atoms with Gasteiger partial charge in [-0.25, -0.2) is 4.79 Å². The zero-order chi connectivity index (χ0) is 24.4. The minimum absolute atomic E-state index is 0.245. The molecule has 174 valence electrons. The second-order valence-corrected chi connectivity index (χ2v) is 9.32. The lowest BCUT2D eigenvalue weighted by molar-refractivity contribution is 0.708. The molecule has 6 rings (SSSR count). The second kappa shape index (κ2) is 7.60. The molecule has 0 fully saturated rings. The van der Waals surface area contributed by atoms with Crippen molar-refractivity contribution >= 4 is 16.6 Å². The second-order valence-electron chi connectivity index (χ2n) is 9.32. The number of hydrogen-bond acceptors (Lipinski definition) is 3. The quantitative estimate of drug-likeness (QED) is 0.409. The first-order valence-corrected chi connectivity index (χ1v) is 11.7. The third-order valence-corrected chi connectivity index (χ3v) is 7.12. The molecule has 35 heavy (non-hydrogen) atoms. The summed E-state index contributed by atoms with van der Waals surface area (Å²) >= 11 is 0. The maximum Gasteiger partial charge on any atom is 0.331 e. The molecule has 1 aliphatic heterocycles. The van der Waals surface area contributed by atoms with Gasteiger partial charge >= 0.3 is 5.69 Å². The molecular weight excluding hydrogens is 436 g/mol. The highest BCUT2D eigenvalue weighted by molar-refractivity contribution is 5.99. The number of fused-ring (bicyclic) bond motifs is 5. The summed E-state index contributed by atoms with van der Waals surface area (Å²) < 4.78 is 5.00. The van der Waals surface area contributed by atoms with Crippen LogP contribution in [0, 0.1) is 13.8 Å². The lowest BCUT2D eigenvalue weighted by Gasteiger charge is -2.32. The summed E-state index contributed by atoms with van der Waals surface area (Å²) in [7, 11) is 3.30. The van der Waals surface area contributed by atoms with E-state index in [2.05, 4.69) is 47.1 Å². The van der Waals surface area contributed by atoms with Crippen LogP contribution in [-0.4, -0.2) is 13.7 Å². The fourth-order valence-corrected chi connectivity index (χ4v) is 5.43. The third kappa shape index (κ3) is 2.96. The van der Waals surface area contributed by atoms with Gasteiger partial charge in [-0.15, -0.1) is 0 Å². The predicted molar refractivity (Wildman–Crippen MR) is 141 cm³/mol. The van der Waals surface area contributed by atoms with Crippen LogP contribution in [-0.2, 0) is 14.1 Å². The van der Waals surface area contributed by atoms with Crippen LogP contribution in [0.25, 0.3) is 27.8 Å². The van der Waals surface area contributed by atoms with Gasteiger partial charge in [0, 0.05) is 14.1 Å². The average molecular weight is 463 g/mol. The molecule has 0 saturated heterocycles. The van der Waals surface area contributed by atoms with E-state index in [9.17, 15) is 9.59 Å². The molecule has 0 amide bonds. The fraction of sp³-hybridized carbons (Fsp3) is 0.172. The average Bonchev–Trinajstić information content (AvgIpc) is 3.23. The SMILES string of the molecule is Cc1cccc(-c2c3c(=O)n(C)c(=O)n(C)c3c3n2-c2ccccc2NC3c2ccccc2C)c1. The van der Waals surface area contributed by atoms with E-state index in [1.807, 2.05) is 49.4 Å². The van der Waals surface area contributed by atoms with Crippen molar-refractivity contribution in [3.63, 3.8) is 0 Å². The molecule has 0 radical (unpaired) electrons. The first kappa shape index (κ1) is 21.2. The largest absolute Gasteiger partial charge is 0.371 e. The zero-order valence-electron chi connectivity index (χ0n) is 20.2. The lowest BCUT2D eigenvalue weighted by Crippen LogP contribution is -2.37. The van der Waals surface area contributed by atoms with Crippen molar-refractivity contribution in [3.8, 4) is 16.9 Å². The zero-order valence-corrected chi connectivity index (χ0v) is 20.2. The summed E-state index contributed by atoms with van der Waals surface area (Å²) in [6.07, 6.45) is 0. The van der Waals surface area contributed by atoms with Gasteiger partial charge < -0.3 is 9.88 Å². The summed E-state index contributed by atoms with van der Waals surface area (Å²) in [5, 5.41) is 4.26. The van der Waals surface area contributed by atoms with E-state index in [1.165, 1.54) is 4.57 Å². The van der Waals surface area contributed by atoms with Crippen LogP contribution in [0.4, 0.5) is 5.69 Å². The number of nitrogens with zero attached hydrogens (tertiary/aromatic N) is 3. The van der Waals surface area contributed by atoms with E-state index in [-0.39, 0.29) is 17.3 Å². The molecule has 1 unspecified atom stereocenters. The van der Waals surface area contributed by atoms with E-state index in [0.29, 0.717) is 10.9 Å². The Bertz CT molecular complexity index is 1770. The Balaban J connectivity index is 1.89. The van der Waals surface area contributed by atoms with Crippen LogP contribution in [0.5, 0.6) is 0 Å². The molecule has 6 nitrogen and oxygen atoms in total. The van der Waals surface area contributed by atoms with Crippen LogP contribution in [0.3, 0.4) is 0 Å². The Morgan fingerprint density at radius 1 is 0.829 bits per heavy atom. The molecule has 1 aliphatic rings. The molecular formula is C29H26N4O2. The fourth-order valence-electron chi connectivity index (χ4n) is 5.43. The van der Waals surface area contributed by atoms with Crippen LogP contribution in [0.1, 0.15) is 28.4 Å². The van der Waals surface area contributed by atoms with Gasteiger partial charge in [-0.3, -0.25) is 13.9 Å². The monoisotopic (exact) mass is 462 g/mol.